The highest BCUT2D eigenvalue weighted by atomic mass is 32.2. The molecule has 0 bridgehead atoms. The summed E-state index contributed by atoms with van der Waals surface area (Å²) in [6.07, 6.45) is 0.659. The van der Waals surface area contributed by atoms with Gasteiger partial charge in [0.15, 0.2) is 11.5 Å². The SMILES string of the molecule is O=C(CN(c1cccc(F)c1)S(=O)(=O)c1ccc2c(c1)OCCO2)NCCCSCc1ccc(F)cc1. The van der Waals surface area contributed by atoms with Gasteiger partial charge in [-0.1, -0.05) is 18.2 Å². The first kappa shape index (κ1) is 26.7. The number of carbonyl (C=O) groups is 1. The third-order valence-electron chi connectivity index (χ3n) is 5.45. The van der Waals surface area contributed by atoms with Gasteiger partial charge in [-0.2, -0.15) is 11.8 Å². The summed E-state index contributed by atoms with van der Waals surface area (Å²) in [5, 5.41) is 2.73. The van der Waals surface area contributed by atoms with Crippen LogP contribution in [0, 0.1) is 11.6 Å². The van der Waals surface area contributed by atoms with Crippen LogP contribution in [0.5, 0.6) is 11.5 Å². The Balaban J connectivity index is 1.38. The highest BCUT2D eigenvalue weighted by molar-refractivity contribution is 7.98. The van der Waals surface area contributed by atoms with Crippen LogP contribution in [0.1, 0.15) is 12.0 Å². The lowest BCUT2D eigenvalue weighted by Gasteiger charge is -2.25. The molecule has 196 valence electrons. The first-order chi connectivity index (χ1) is 17.8. The van der Waals surface area contributed by atoms with Crippen molar-refractivity contribution >= 4 is 33.4 Å². The zero-order chi connectivity index (χ0) is 26.3. The molecule has 0 atom stereocenters. The number of anilines is 1. The number of carbonyl (C=O) groups excluding carboxylic acids is 1. The van der Waals surface area contributed by atoms with Gasteiger partial charge in [0.05, 0.1) is 10.6 Å². The standard InChI is InChI=1S/C26H26F2N2O5S2/c27-20-7-5-19(6-8-20)18-36-14-2-11-29-26(31)17-30(22-4-1-3-21(28)15-22)37(32,33)23-9-10-24-25(16-23)35-13-12-34-24/h1,3-10,15-16H,2,11-14,17-18H2,(H,29,31). The molecule has 1 aliphatic heterocycles. The molecule has 11 heteroatoms. The van der Waals surface area contributed by atoms with Gasteiger partial charge >= 0.3 is 0 Å². The number of thioether (sulfide) groups is 1. The molecular weight excluding hydrogens is 522 g/mol. The van der Waals surface area contributed by atoms with Crippen LogP contribution in [0.25, 0.3) is 0 Å². The molecule has 0 saturated carbocycles. The maximum absolute atomic E-state index is 14.0. The van der Waals surface area contributed by atoms with Crippen LogP contribution in [0.15, 0.2) is 71.6 Å². The van der Waals surface area contributed by atoms with E-state index in [1.807, 2.05) is 0 Å². The van der Waals surface area contributed by atoms with Gasteiger partial charge in [-0.3, -0.25) is 9.10 Å². The van der Waals surface area contributed by atoms with E-state index in [4.69, 9.17) is 9.47 Å². The molecule has 1 amide bonds. The van der Waals surface area contributed by atoms with Gasteiger partial charge in [-0.05, 0) is 60.2 Å². The summed E-state index contributed by atoms with van der Waals surface area (Å²) in [5.74, 6) is 0.759. The zero-order valence-corrected chi connectivity index (χ0v) is 21.5. The summed E-state index contributed by atoms with van der Waals surface area (Å²) < 4.78 is 65.9. The maximum atomic E-state index is 14.0. The van der Waals surface area contributed by atoms with Crippen LogP contribution in [-0.2, 0) is 20.6 Å². The number of rotatable bonds is 11. The van der Waals surface area contributed by atoms with Crippen LogP contribution in [0.2, 0.25) is 0 Å². The van der Waals surface area contributed by atoms with E-state index in [2.05, 4.69) is 5.32 Å². The van der Waals surface area contributed by atoms with Crippen molar-refractivity contribution in [2.45, 2.75) is 17.1 Å². The normalized spacial score (nSPS) is 12.7. The van der Waals surface area contributed by atoms with E-state index in [1.165, 1.54) is 48.5 Å². The Bertz CT molecular complexity index is 1340. The summed E-state index contributed by atoms with van der Waals surface area (Å²) in [6, 6.07) is 15.6. The fourth-order valence-electron chi connectivity index (χ4n) is 3.62. The van der Waals surface area contributed by atoms with Crippen LogP contribution in [0.4, 0.5) is 14.5 Å². The monoisotopic (exact) mass is 548 g/mol. The summed E-state index contributed by atoms with van der Waals surface area (Å²) in [6.45, 7) is 0.466. The van der Waals surface area contributed by atoms with E-state index < -0.39 is 28.3 Å². The lowest BCUT2D eigenvalue weighted by molar-refractivity contribution is -0.119. The summed E-state index contributed by atoms with van der Waals surface area (Å²) in [7, 11) is -4.23. The molecule has 7 nitrogen and oxygen atoms in total. The highest BCUT2D eigenvalue weighted by Crippen LogP contribution is 2.34. The Morgan fingerprint density at radius 3 is 2.46 bits per heavy atom. The topological polar surface area (TPSA) is 84.9 Å². The Hall–Kier alpha value is -3.31. The number of sulfonamides is 1. The van der Waals surface area contributed by atoms with Crippen molar-refractivity contribution in [3.05, 3.63) is 83.9 Å². The molecule has 0 spiro atoms. The Morgan fingerprint density at radius 1 is 0.946 bits per heavy atom. The van der Waals surface area contributed by atoms with E-state index in [1.54, 1.807) is 23.9 Å². The van der Waals surface area contributed by atoms with Crippen molar-refractivity contribution in [1.82, 2.24) is 5.32 Å². The number of hydrogen-bond donors (Lipinski definition) is 1. The predicted octanol–water partition coefficient (Wildman–Crippen LogP) is 4.37. The van der Waals surface area contributed by atoms with Gasteiger partial charge in [-0.15, -0.1) is 0 Å². The highest BCUT2D eigenvalue weighted by Gasteiger charge is 2.29. The Morgan fingerprint density at radius 2 is 1.70 bits per heavy atom. The lowest BCUT2D eigenvalue weighted by atomic mass is 10.2. The van der Waals surface area contributed by atoms with E-state index in [0.29, 0.717) is 25.3 Å². The minimum Gasteiger partial charge on any atom is -0.486 e. The molecule has 0 fully saturated rings. The number of hydrogen-bond acceptors (Lipinski definition) is 6. The Kier molecular flexibility index (Phi) is 8.88. The van der Waals surface area contributed by atoms with Gasteiger partial charge in [0.1, 0.15) is 31.4 Å². The molecule has 4 rings (SSSR count). The van der Waals surface area contributed by atoms with Crippen molar-refractivity contribution in [2.24, 2.45) is 0 Å². The summed E-state index contributed by atoms with van der Waals surface area (Å²) >= 11 is 1.65. The molecule has 0 aromatic heterocycles. The molecule has 0 unspecified atom stereocenters. The zero-order valence-electron chi connectivity index (χ0n) is 19.9. The molecule has 3 aromatic rings. The summed E-state index contributed by atoms with van der Waals surface area (Å²) in [4.78, 5) is 12.6. The van der Waals surface area contributed by atoms with Gasteiger partial charge < -0.3 is 14.8 Å². The van der Waals surface area contributed by atoms with Crippen molar-refractivity contribution in [2.75, 3.05) is 36.4 Å². The smallest absolute Gasteiger partial charge is 0.264 e. The van der Waals surface area contributed by atoms with Gasteiger partial charge in [0, 0.05) is 18.4 Å². The van der Waals surface area contributed by atoms with Crippen LogP contribution < -0.4 is 19.1 Å². The number of halogens is 2. The van der Waals surface area contributed by atoms with E-state index in [9.17, 15) is 22.0 Å². The molecule has 1 aliphatic rings. The second-order valence-electron chi connectivity index (χ2n) is 8.18. The minimum absolute atomic E-state index is 0.0277. The van der Waals surface area contributed by atoms with Crippen molar-refractivity contribution in [3.8, 4) is 11.5 Å². The third kappa shape index (κ3) is 7.14. The predicted molar refractivity (Wildman–Crippen MR) is 139 cm³/mol. The molecule has 0 aliphatic carbocycles. The molecule has 1 N–H and O–H groups in total. The average molecular weight is 549 g/mol. The van der Waals surface area contributed by atoms with Crippen LogP contribution >= 0.6 is 11.8 Å². The van der Waals surface area contributed by atoms with E-state index >= 15 is 0 Å². The lowest BCUT2D eigenvalue weighted by Crippen LogP contribution is -2.41. The maximum Gasteiger partial charge on any atom is 0.264 e. The van der Waals surface area contributed by atoms with Crippen molar-refractivity contribution in [3.63, 3.8) is 0 Å². The number of amides is 1. The Labute approximate surface area is 218 Å². The van der Waals surface area contributed by atoms with Crippen LogP contribution in [0.3, 0.4) is 0 Å². The minimum atomic E-state index is -4.23. The fourth-order valence-corrected chi connectivity index (χ4v) is 5.97. The fraction of sp³-hybridized carbons (Fsp3) is 0.269. The molecule has 0 radical (unpaired) electrons. The van der Waals surface area contributed by atoms with E-state index in [0.717, 1.165) is 27.4 Å². The number of benzene rings is 3. The summed E-state index contributed by atoms with van der Waals surface area (Å²) in [5.41, 5.74) is 1.03. The van der Waals surface area contributed by atoms with Crippen LogP contribution in [-0.4, -0.2) is 46.4 Å². The molecular formula is C26H26F2N2O5S2. The average Bonchev–Trinajstić information content (AvgIpc) is 2.90. The molecule has 1 heterocycles. The largest absolute Gasteiger partial charge is 0.486 e. The number of ether oxygens (including phenoxy) is 2. The first-order valence-corrected chi connectivity index (χ1v) is 14.2. The number of nitrogens with one attached hydrogen (secondary N) is 1. The van der Waals surface area contributed by atoms with Gasteiger partial charge in [-0.25, -0.2) is 17.2 Å². The van der Waals surface area contributed by atoms with Gasteiger partial charge in [0.2, 0.25) is 5.91 Å². The molecule has 3 aromatic carbocycles. The third-order valence-corrected chi connectivity index (χ3v) is 8.34. The second kappa shape index (κ2) is 12.3. The first-order valence-electron chi connectivity index (χ1n) is 11.6. The van der Waals surface area contributed by atoms with Gasteiger partial charge in [0.25, 0.3) is 10.0 Å². The number of fused-ring (bicyclic) bond motifs is 1. The van der Waals surface area contributed by atoms with Crippen molar-refractivity contribution in [1.29, 1.82) is 0 Å². The van der Waals surface area contributed by atoms with Crippen molar-refractivity contribution < 1.29 is 31.5 Å². The quantitative estimate of drug-likeness (QED) is 0.358. The molecule has 37 heavy (non-hydrogen) atoms. The molecule has 0 saturated heterocycles. The second-order valence-corrected chi connectivity index (χ2v) is 11.1. The van der Waals surface area contributed by atoms with E-state index in [-0.39, 0.29) is 28.8 Å². The number of nitrogens with zero attached hydrogens (tertiary/aromatic N) is 1.